The lowest BCUT2D eigenvalue weighted by Gasteiger charge is -2.24. The molecule has 0 heterocycles. The Morgan fingerprint density at radius 2 is 1.40 bits per heavy atom. The number of carbonyl (C=O) groups is 2. The van der Waals surface area contributed by atoms with Crippen molar-refractivity contribution < 1.29 is 27.5 Å². The van der Waals surface area contributed by atoms with Crippen molar-refractivity contribution in [2.24, 2.45) is 0 Å². The molecule has 4 aromatic rings. The summed E-state index contributed by atoms with van der Waals surface area (Å²) >= 11 is 0. The van der Waals surface area contributed by atoms with Crippen molar-refractivity contribution in [3.8, 4) is 11.5 Å². The van der Waals surface area contributed by atoms with Gasteiger partial charge >= 0.3 is 0 Å². The number of anilines is 2. The molecule has 0 aliphatic carbocycles. The fourth-order valence-electron chi connectivity index (χ4n) is 4.00. The number of sulfonamides is 1. The Kier molecular flexibility index (Phi) is 9.03. The van der Waals surface area contributed by atoms with E-state index in [-0.39, 0.29) is 27.8 Å². The number of hydrogen-bond acceptors (Lipinski definition) is 6. The van der Waals surface area contributed by atoms with E-state index in [1.165, 1.54) is 32.4 Å². The number of ether oxygens (including phenoxy) is 2. The standard InChI is InChI=1S/C30H29N3O6S/c1-38-27-18-17-24(19-28(27)39-2)40(36,37)33(23-13-7-4-8-14-23)21-29(34)32-26-16-10-9-15-25(26)30(35)31-20-22-11-5-3-6-12-22/h3-19H,20-21H2,1-2H3,(H,31,35)(H,32,34). The number of nitrogens with one attached hydrogen (secondary N) is 2. The third kappa shape index (κ3) is 6.59. The van der Waals surface area contributed by atoms with E-state index in [9.17, 15) is 18.0 Å². The summed E-state index contributed by atoms with van der Waals surface area (Å²) < 4.78 is 39.0. The van der Waals surface area contributed by atoms with Crippen LogP contribution in [-0.4, -0.2) is 41.0 Å². The SMILES string of the molecule is COc1ccc(S(=O)(=O)N(CC(=O)Nc2ccccc2C(=O)NCc2ccccc2)c2ccccc2)cc1OC. The number of hydrogen-bond donors (Lipinski definition) is 2. The predicted molar refractivity (Wildman–Crippen MR) is 153 cm³/mol. The Hall–Kier alpha value is -4.83. The van der Waals surface area contributed by atoms with Crippen LogP contribution in [0.2, 0.25) is 0 Å². The topological polar surface area (TPSA) is 114 Å². The lowest BCUT2D eigenvalue weighted by atomic mass is 10.1. The maximum atomic E-state index is 13.8. The first-order chi connectivity index (χ1) is 19.3. The van der Waals surface area contributed by atoms with Crippen molar-refractivity contribution in [3.05, 3.63) is 114 Å². The van der Waals surface area contributed by atoms with Crippen molar-refractivity contribution in [2.75, 3.05) is 30.4 Å². The number of para-hydroxylation sites is 2. The Labute approximate surface area is 233 Å². The smallest absolute Gasteiger partial charge is 0.264 e. The summed E-state index contributed by atoms with van der Waals surface area (Å²) in [6.45, 7) is -0.228. The summed E-state index contributed by atoms with van der Waals surface area (Å²) in [7, 11) is -1.35. The number of nitrogens with zero attached hydrogens (tertiary/aromatic N) is 1. The van der Waals surface area contributed by atoms with Crippen molar-refractivity contribution >= 4 is 33.2 Å². The highest BCUT2D eigenvalue weighted by Gasteiger charge is 2.28. The molecule has 4 aromatic carbocycles. The molecule has 0 bridgehead atoms. The minimum Gasteiger partial charge on any atom is -0.493 e. The highest BCUT2D eigenvalue weighted by Crippen LogP contribution is 2.32. The normalized spacial score (nSPS) is 10.8. The van der Waals surface area contributed by atoms with Gasteiger partial charge < -0.3 is 20.1 Å². The van der Waals surface area contributed by atoms with Crippen LogP contribution in [0, 0.1) is 0 Å². The summed E-state index contributed by atoms with van der Waals surface area (Å²) in [6, 6.07) is 28.5. The number of carbonyl (C=O) groups excluding carboxylic acids is 2. The van der Waals surface area contributed by atoms with Gasteiger partial charge in [-0.1, -0.05) is 60.7 Å². The lowest BCUT2D eigenvalue weighted by Crippen LogP contribution is -2.38. The number of rotatable bonds is 11. The summed E-state index contributed by atoms with van der Waals surface area (Å²) in [5, 5.41) is 5.55. The molecule has 206 valence electrons. The molecule has 4 rings (SSSR count). The van der Waals surface area contributed by atoms with Crippen LogP contribution in [0.4, 0.5) is 11.4 Å². The largest absolute Gasteiger partial charge is 0.493 e. The highest BCUT2D eigenvalue weighted by molar-refractivity contribution is 7.92. The maximum Gasteiger partial charge on any atom is 0.264 e. The van der Waals surface area contributed by atoms with Gasteiger partial charge in [-0.25, -0.2) is 8.42 Å². The Balaban J connectivity index is 1.58. The Bertz CT molecular complexity index is 1580. The van der Waals surface area contributed by atoms with Gasteiger partial charge in [0.25, 0.3) is 15.9 Å². The van der Waals surface area contributed by atoms with Gasteiger partial charge in [0, 0.05) is 12.6 Å². The molecule has 0 saturated carbocycles. The van der Waals surface area contributed by atoms with Gasteiger partial charge in [-0.15, -0.1) is 0 Å². The van der Waals surface area contributed by atoms with Crippen LogP contribution in [0.5, 0.6) is 11.5 Å². The Morgan fingerprint density at radius 3 is 2.08 bits per heavy atom. The first-order valence-electron chi connectivity index (χ1n) is 12.3. The van der Waals surface area contributed by atoms with E-state index >= 15 is 0 Å². The van der Waals surface area contributed by atoms with E-state index in [4.69, 9.17) is 9.47 Å². The lowest BCUT2D eigenvalue weighted by molar-refractivity contribution is -0.114. The van der Waals surface area contributed by atoms with Crippen LogP contribution >= 0.6 is 0 Å². The molecular formula is C30H29N3O6S. The number of benzene rings is 4. The molecule has 0 aliphatic rings. The molecule has 0 saturated heterocycles. The molecule has 0 unspecified atom stereocenters. The van der Waals surface area contributed by atoms with Crippen molar-refractivity contribution in [3.63, 3.8) is 0 Å². The van der Waals surface area contributed by atoms with Gasteiger partial charge in [0.15, 0.2) is 11.5 Å². The molecule has 9 nitrogen and oxygen atoms in total. The average Bonchev–Trinajstić information content (AvgIpc) is 2.99. The quantitative estimate of drug-likeness (QED) is 0.280. The first-order valence-corrected chi connectivity index (χ1v) is 13.8. The van der Waals surface area contributed by atoms with Crippen LogP contribution in [-0.2, 0) is 21.4 Å². The second-order valence-corrected chi connectivity index (χ2v) is 10.5. The monoisotopic (exact) mass is 559 g/mol. The van der Waals surface area contributed by atoms with E-state index in [2.05, 4.69) is 10.6 Å². The maximum absolute atomic E-state index is 13.8. The summed E-state index contributed by atoms with van der Waals surface area (Å²) in [6.07, 6.45) is 0. The molecule has 0 spiro atoms. The number of methoxy groups -OCH3 is 2. The zero-order chi connectivity index (χ0) is 28.5. The highest BCUT2D eigenvalue weighted by atomic mass is 32.2. The van der Waals surface area contributed by atoms with Crippen molar-refractivity contribution in [1.82, 2.24) is 5.32 Å². The van der Waals surface area contributed by atoms with Gasteiger partial charge in [-0.3, -0.25) is 13.9 Å². The minimum atomic E-state index is -4.21. The third-order valence-corrected chi connectivity index (χ3v) is 7.79. The van der Waals surface area contributed by atoms with Crippen LogP contribution < -0.4 is 24.4 Å². The molecule has 0 aliphatic heterocycles. The van der Waals surface area contributed by atoms with Crippen molar-refractivity contribution in [1.29, 1.82) is 0 Å². The van der Waals surface area contributed by atoms with E-state index in [1.54, 1.807) is 54.6 Å². The average molecular weight is 560 g/mol. The molecule has 0 aromatic heterocycles. The van der Waals surface area contributed by atoms with Gasteiger partial charge in [0.2, 0.25) is 5.91 Å². The predicted octanol–water partition coefficient (Wildman–Crippen LogP) is 4.47. The fourth-order valence-corrected chi connectivity index (χ4v) is 5.43. The summed E-state index contributed by atoms with van der Waals surface area (Å²) in [5.74, 6) is -0.405. The van der Waals surface area contributed by atoms with E-state index < -0.39 is 22.5 Å². The second-order valence-electron chi connectivity index (χ2n) is 8.63. The molecular weight excluding hydrogens is 530 g/mol. The summed E-state index contributed by atoms with van der Waals surface area (Å²) in [4.78, 5) is 26.1. The van der Waals surface area contributed by atoms with Crippen LogP contribution in [0.15, 0.2) is 108 Å². The van der Waals surface area contributed by atoms with Crippen LogP contribution in [0.25, 0.3) is 0 Å². The fraction of sp³-hybridized carbons (Fsp3) is 0.133. The van der Waals surface area contributed by atoms with Crippen LogP contribution in [0.3, 0.4) is 0 Å². The summed E-state index contributed by atoms with van der Waals surface area (Å²) in [5.41, 5.74) is 1.73. The van der Waals surface area contributed by atoms with E-state index in [0.29, 0.717) is 18.0 Å². The van der Waals surface area contributed by atoms with Gasteiger partial charge in [-0.2, -0.15) is 0 Å². The Morgan fingerprint density at radius 1 is 0.775 bits per heavy atom. The zero-order valence-corrected chi connectivity index (χ0v) is 22.9. The molecule has 2 N–H and O–H groups in total. The molecule has 10 heteroatoms. The van der Waals surface area contributed by atoms with Gasteiger partial charge in [0.05, 0.1) is 36.1 Å². The van der Waals surface area contributed by atoms with E-state index in [0.717, 1.165) is 9.87 Å². The van der Waals surface area contributed by atoms with Crippen LogP contribution in [0.1, 0.15) is 15.9 Å². The first kappa shape index (κ1) is 28.2. The second kappa shape index (κ2) is 12.8. The number of amides is 2. The molecule has 0 radical (unpaired) electrons. The van der Waals surface area contributed by atoms with Crippen molar-refractivity contribution in [2.45, 2.75) is 11.4 Å². The zero-order valence-electron chi connectivity index (χ0n) is 22.0. The minimum absolute atomic E-state index is 0.0810. The molecule has 40 heavy (non-hydrogen) atoms. The molecule has 2 amide bonds. The molecule has 0 fully saturated rings. The van der Waals surface area contributed by atoms with Gasteiger partial charge in [0.1, 0.15) is 6.54 Å². The molecule has 0 atom stereocenters. The van der Waals surface area contributed by atoms with E-state index in [1.807, 2.05) is 30.3 Å². The van der Waals surface area contributed by atoms with Gasteiger partial charge in [-0.05, 0) is 42.0 Å². The third-order valence-electron chi connectivity index (χ3n) is 6.02.